The Hall–Kier alpha value is -2.90. The molecule has 3 aromatic carbocycles. The molecular weight excluding hydrogens is 427 g/mol. The number of benzene rings is 3. The van der Waals surface area contributed by atoms with Gasteiger partial charge in [0, 0.05) is 5.02 Å². The number of hydrogen-bond acceptors (Lipinski definition) is 3. The van der Waals surface area contributed by atoms with E-state index < -0.39 is 21.9 Å². The highest BCUT2D eigenvalue weighted by molar-refractivity contribution is 7.94. The van der Waals surface area contributed by atoms with Gasteiger partial charge in [-0.2, -0.15) is 4.31 Å². The molecule has 0 N–H and O–H groups in total. The zero-order valence-electron chi connectivity index (χ0n) is 16.3. The van der Waals surface area contributed by atoms with E-state index >= 15 is 0 Å². The highest BCUT2D eigenvalue weighted by Gasteiger charge is 2.42. The third-order valence-electron chi connectivity index (χ3n) is 5.15. The standard InChI is InChI=1S/C22H18ClFN2O3S/c1-14-7-10-18(11-15(14)2)26-22(27)25(13-16-8-9-17(24)12-19(16)23)20-5-3-4-6-21(20)30(26,28)29/h3-12H,13H2,1-2H3. The van der Waals surface area contributed by atoms with Crippen molar-refractivity contribution in [2.75, 3.05) is 9.21 Å². The molecule has 0 aliphatic carbocycles. The Morgan fingerprint density at radius 1 is 0.967 bits per heavy atom. The molecule has 2 amide bonds. The second-order valence-corrected chi connectivity index (χ2v) is 9.27. The smallest absolute Gasteiger partial charge is 0.287 e. The number of carbonyl (C=O) groups is 1. The van der Waals surface area contributed by atoms with Crippen LogP contribution in [0, 0.1) is 19.7 Å². The molecule has 1 heterocycles. The van der Waals surface area contributed by atoms with Crippen LogP contribution in [-0.4, -0.2) is 14.4 Å². The number of aryl methyl sites for hydroxylation is 2. The summed E-state index contributed by atoms with van der Waals surface area (Å²) in [6, 6.07) is 14.5. The second-order valence-electron chi connectivity index (χ2n) is 7.11. The second kappa shape index (κ2) is 7.41. The third kappa shape index (κ3) is 3.34. The molecule has 1 aliphatic rings. The van der Waals surface area contributed by atoms with Gasteiger partial charge in [-0.25, -0.2) is 17.6 Å². The molecule has 0 saturated heterocycles. The van der Waals surface area contributed by atoms with Crippen molar-refractivity contribution in [2.45, 2.75) is 25.3 Å². The Bertz CT molecular complexity index is 1280. The average molecular weight is 445 g/mol. The molecular formula is C22H18ClFN2O3S. The number of halogens is 2. The van der Waals surface area contributed by atoms with E-state index in [0.717, 1.165) is 21.5 Å². The molecule has 4 rings (SSSR count). The topological polar surface area (TPSA) is 57.7 Å². The first-order chi connectivity index (χ1) is 14.2. The van der Waals surface area contributed by atoms with Crippen LogP contribution >= 0.6 is 11.6 Å². The SMILES string of the molecule is Cc1ccc(N2C(=O)N(Cc3ccc(F)cc3Cl)c3ccccc3S2(=O)=O)cc1C. The van der Waals surface area contributed by atoms with Crippen molar-refractivity contribution in [3.05, 3.63) is 88.2 Å². The van der Waals surface area contributed by atoms with Crippen LogP contribution in [0.2, 0.25) is 5.02 Å². The zero-order valence-corrected chi connectivity index (χ0v) is 17.8. The number of carbonyl (C=O) groups excluding carboxylic acids is 1. The molecule has 0 aromatic heterocycles. The fourth-order valence-electron chi connectivity index (χ4n) is 3.39. The number of sulfonamides is 1. The van der Waals surface area contributed by atoms with Crippen molar-refractivity contribution in [1.82, 2.24) is 0 Å². The van der Waals surface area contributed by atoms with Crippen LogP contribution in [0.25, 0.3) is 0 Å². The predicted molar refractivity (Wildman–Crippen MR) is 115 cm³/mol. The lowest BCUT2D eigenvalue weighted by Gasteiger charge is -2.36. The van der Waals surface area contributed by atoms with Crippen LogP contribution in [-0.2, 0) is 16.6 Å². The predicted octanol–water partition coefficient (Wildman–Crippen LogP) is 5.43. The summed E-state index contributed by atoms with van der Waals surface area (Å²) < 4.78 is 40.9. The van der Waals surface area contributed by atoms with E-state index in [1.54, 1.807) is 36.4 Å². The van der Waals surface area contributed by atoms with Gasteiger partial charge in [-0.05, 0) is 66.9 Å². The maximum Gasteiger partial charge on any atom is 0.343 e. The summed E-state index contributed by atoms with van der Waals surface area (Å²) >= 11 is 6.16. The molecule has 3 aromatic rings. The van der Waals surface area contributed by atoms with E-state index in [4.69, 9.17) is 11.6 Å². The molecule has 8 heteroatoms. The number of urea groups is 1. The summed E-state index contributed by atoms with van der Waals surface area (Å²) in [5.74, 6) is -0.492. The Morgan fingerprint density at radius 3 is 2.40 bits per heavy atom. The van der Waals surface area contributed by atoms with Crippen LogP contribution < -0.4 is 9.21 Å². The van der Waals surface area contributed by atoms with Crippen molar-refractivity contribution in [1.29, 1.82) is 0 Å². The van der Waals surface area contributed by atoms with E-state index in [0.29, 0.717) is 5.56 Å². The van der Waals surface area contributed by atoms with Crippen LogP contribution in [0.1, 0.15) is 16.7 Å². The Balaban J connectivity index is 1.88. The normalized spacial score (nSPS) is 15.3. The molecule has 5 nitrogen and oxygen atoms in total. The number of anilines is 2. The van der Waals surface area contributed by atoms with Gasteiger partial charge in [-0.15, -0.1) is 0 Å². The maximum absolute atomic E-state index is 13.4. The molecule has 0 saturated carbocycles. The Kier molecular flexibility index (Phi) is 5.03. The fraction of sp³-hybridized carbons (Fsp3) is 0.136. The molecule has 0 atom stereocenters. The van der Waals surface area contributed by atoms with Gasteiger partial charge in [-0.3, -0.25) is 4.90 Å². The van der Waals surface area contributed by atoms with Gasteiger partial charge in [0.2, 0.25) is 0 Å². The largest absolute Gasteiger partial charge is 0.343 e. The minimum Gasteiger partial charge on any atom is -0.287 e. The summed E-state index contributed by atoms with van der Waals surface area (Å²) in [6.07, 6.45) is 0. The number of hydrogen-bond donors (Lipinski definition) is 0. The lowest BCUT2D eigenvalue weighted by Crippen LogP contribution is -2.50. The Labute approximate surface area is 179 Å². The summed E-state index contributed by atoms with van der Waals surface area (Å²) in [4.78, 5) is 14.8. The number of fused-ring (bicyclic) bond motifs is 1. The first-order valence-corrected chi connectivity index (χ1v) is 11.0. The first-order valence-electron chi connectivity index (χ1n) is 9.17. The van der Waals surface area contributed by atoms with Crippen molar-refractivity contribution in [2.24, 2.45) is 0 Å². The van der Waals surface area contributed by atoms with E-state index in [1.807, 2.05) is 13.8 Å². The average Bonchev–Trinajstić information content (AvgIpc) is 2.69. The van der Waals surface area contributed by atoms with Gasteiger partial charge < -0.3 is 0 Å². The van der Waals surface area contributed by atoms with Crippen molar-refractivity contribution in [3.63, 3.8) is 0 Å². The van der Waals surface area contributed by atoms with Crippen molar-refractivity contribution in [3.8, 4) is 0 Å². The van der Waals surface area contributed by atoms with E-state index in [-0.39, 0.29) is 27.8 Å². The Morgan fingerprint density at radius 2 is 1.70 bits per heavy atom. The van der Waals surface area contributed by atoms with Crippen molar-refractivity contribution < 1.29 is 17.6 Å². The minimum atomic E-state index is -4.11. The third-order valence-corrected chi connectivity index (χ3v) is 7.25. The number of rotatable bonds is 3. The quantitative estimate of drug-likeness (QED) is 0.541. The number of para-hydroxylation sites is 1. The first kappa shape index (κ1) is 20.4. The molecule has 154 valence electrons. The monoisotopic (exact) mass is 444 g/mol. The van der Waals surface area contributed by atoms with Crippen LogP contribution in [0.15, 0.2) is 65.6 Å². The van der Waals surface area contributed by atoms with Crippen molar-refractivity contribution >= 4 is 39.0 Å². The van der Waals surface area contributed by atoms with Gasteiger partial charge in [0.15, 0.2) is 0 Å². The molecule has 30 heavy (non-hydrogen) atoms. The van der Waals surface area contributed by atoms with Crippen LogP contribution in [0.3, 0.4) is 0 Å². The molecule has 1 aliphatic heterocycles. The van der Waals surface area contributed by atoms with Crippen LogP contribution in [0.4, 0.5) is 20.6 Å². The van der Waals surface area contributed by atoms with E-state index in [2.05, 4.69) is 0 Å². The highest BCUT2D eigenvalue weighted by Crippen LogP contribution is 2.38. The molecule has 0 fully saturated rings. The van der Waals surface area contributed by atoms with Gasteiger partial charge in [-0.1, -0.05) is 35.9 Å². The number of amides is 2. The summed E-state index contributed by atoms with van der Waals surface area (Å²) in [6.45, 7) is 3.75. The van der Waals surface area contributed by atoms with E-state index in [1.165, 1.54) is 23.1 Å². The van der Waals surface area contributed by atoms with Crippen LogP contribution in [0.5, 0.6) is 0 Å². The summed E-state index contributed by atoms with van der Waals surface area (Å²) in [5, 5.41) is 0.159. The zero-order chi connectivity index (χ0) is 21.6. The van der Waals surface area contributed by atoms with E-state index in [9.17, 15) is 17.6 Å². The minimum absolute atomic E-state index is 0.00811. The lowest BCUT2D eigenvalue weighted by atomic mass is 10.1. The molecule has 0 spiro atoms. The summed E-state index contributed by atoms with van der Waals surface area (Å²) in [5.41, 5.74) is 2.86. The summed E-state index contributed by atoms with van der Waals surface area (Å²) in [7, 11) is -4.11. The molecule has 0 unspecified atom stereocenters. The fourth-order valence-corrected chi connectivity index (χ4v) is 5.20. The highest BCUT2D eigenvalue weighted by atomic mass is 35.5. The lowest BCUT2D eigenvalue weighted by molar-refractivity contribution is 0.253. The molecule has 0 bridgehead atoms. The van der Waals surface area contributed by atoms with Gasteiger partial charge in [0.1, 0.15) is 10.7 Å². The van der Waals surface area contributed by atoms with Gasteiger partial charge >= 0.3 is 6.03 Å². The van der Waals surface area contributed by atoms with Gasteiger partial charge in [0.25, 0.3) is 10.0 Å². The van der Waals surface area contributed by atoms with Gasteiger partial charge in [0.05, 0.1) is 17.9 Å². The maximum atomic E-state index is 13.4. The number of nitrogens with zero attached hydrogens (tertiary/aromatic N) is 2. The molecule has 0 radical (unpaired) electrons.